The van der Waals surface area contributed by atoms with Crippen LogP contribution >= 0.6 is 0 Å². The molecule has 9 heavy (non-hydrogen) atoms. The van der Waals surface area contributed by atoms with Crippen molar-refractivity contribution in [3.63, 3.8) is 0 Å². The van der Waals surface area contributed by atoms with Gasteiger partial charge in [0.25, 0.3) is 0 Å². The third-order valence-corrected chi connectivity index (χ3v) is 1.56. The van der Waals surface area contributed by atoms with Crippen LogP contribution in [0.1, 0.15) is 0 Å². The van der Waals surface area contributed by atoms with Crippen molar-refractivity contribution in [3.05, 3.63) is 0 Å². The molecule has 4 heteroatoms. The molecule has 0 aromatic heterocycles. The van der Waals surface area contributed by atoms with E-state index in [1.165, 1.54) is 0 Å². The van der Waals surface area contributed by atoms with Crippen molar-refractivity contribution in [1.82, 2.24) is 4.90 Å². The normalized spacial score (nSPS) is 19.4. The number of aliphatic hydroxyl groups excluding tert-OH is 1. The van der Waals surface area contributed by atoms with Gasteiger partial charge in [0, 0.05) is 25.6 Å². The van der Waals surface area contributed by atoms with Crippen molar-refractivity contribution < 1.29 is 5.11 Å². The van der Waals surface area contributed by atoms with Crippen LogP contribution < -0.4 is 5.73 Å². The highest BCUT2D eigenvalue weighted by Crippen LogP contribution is 2.12. The summed E-state index contributed by atoms with van der Waals surface area (Å²) in [4.78, 5) is 1.72. The van der Waals surface area contributed by atoms with Crippen LogP contribution in [0.4, 0.5) is 0 Å². The molecule has 1 rings (SSSR count). The van der Waals surface area contributed by atoms with Crippen LogP contribution in [-0.4, -0.2) is 35.7 Å². The maximum atomic E-state index is 8.55. The molecule has 0 atom stereocenters. The Bertz CT molecular complexity index is 119. The first-order valence-corrected chi connectivity index (χ1v) is 2.94. The van der Waals surface area contributed by atoms with Gasteiger partial charge in [0.15, 0.2) is 5.96 Å². The molecule has 0 unspecified atom stereocenters. The zero-order valence-corrected chi connectivity index (χ0v) is 5.17. The molecule has 0 bridgehead atoms. The third kappa shape index (κ3) is 1.13. The van der Waals surface area contributed by atoms with Crippen LogP contribution in [0.15, 0.2) is 0 Å². The summed E-state index contributed by atoms with van der Waals surface area (Å²) < 4.78 is 0. The van der Waals surface area contributed by atoms with Gasteiger partial charge in [0.05, 0.1) is 0 Å². The highest BCUT2D eigenvalue weighted by Gasteiger charge is 2.26. The lowest BCUT2D eigenvalue weighted by molar-refractivity contribution is 0.107. The van der Waals surface area contributed by atoms with Crippen molar-refractivity contribution in [2.75, 3.05) is 19.7 Å². The molecule has 1 aliphatic rings. The van der Waals surface area contributed by atoms with Crippen LogP contribution in [-0.2, 0) is 0 Å². The number of nitrogens with two attached hydrogens (primary N) is 1. The number of nitrogens with zero attached hydrogens (tertiary/aromatic N) is 1. The minimum Gasteiger partial charge on any atom is -0.396 e. The maximum absolute atomic E-state index is 8.55. The Morgan fingerprint density at radius 1 is 1.78 bits per heavy atom. The van der Waals surface area contributed by atoms with Crippen molar-refractivity contribution in [3.8, 4) is 0 Å². The number of likely N-dealkylation sites (tertiary alicyclic amines) is 1. The highest BCUT2D eigenvalue weighted by atomic mass is 16.3. The molecule has 1 fully saturated rings. The second-order valence-corrected chi connectivity index (χ2v) is 2.34. The fraction of sp³-hybridized carbons (Fsp3) is 0.800. The highest BCUT2D eigenvalue weighted by molar-refractivity contribution is 5.75. The summed E-state index contributed by atoms with van der Waals surface area (Å²) >= 11 is 0. The Hall–Kier alpha value is -0.770. The van der Waals surface area contributed by atoms with E-state index in [0.717, 1.165) is 13.1 Å². The number of rotatable bonds is 1. The first kappa shape index (κ1) is 6.35. The minimum absolute atomic E-state index is 0.111. The summed E-state index contributed by atoms with van der Waals surface area (Å²) in [5, 5.41) is 15.5. The van der Waals surface area contributed by atoms with Gasteiger partial charge in [-0.05, 0) is 0 Å². The van der Waals surface area contributed by atoms with Gasteiger partial charge in [-0.3, -0.25) is 5.41 Å². The quantitative estimate of drug-likeness (QED) is 0.307. The number of guanidine groups is 1. The lowest BCUT2D eigenvalue weighted by atomic mass is 10.0. The predicted octanol–water partition coefficient (Wildman–Crippen LogP) is -1.20. The second-order valence-electron chi connectivity index (χ2n) is 2.34. The van der Waals surface area contributed by atoms with Crippen molar-refractivity contribution in [2.45, 2.75) is 0 Å². The Labute approximate surface area is 53.8 Å². The number of aliphatic hydroxyl groups is 1. The third-order valence-electron chi connectivity index (χ3n) is 1.56. The Morgan fingerprint density at radius 3 is 2.67 bits per heavy atom. The molecule has 4 N–H and O–H groups in total. The standard InChI is InChI=1S/C5H11N3O/c6-5(7)8-1-4(2-8)3-9/h4,9H,1-3H2,(H3,6,7). The molecule has 52 valence electrons. The van der Waals surface area contributed by atoms with E-state index >= 15 is 0 Å². The van der Waals surface area contributed by atoms with Crippen LogP contribution in [0.5, 0.6) is 0 Å². The topological polar surface area (TPSA) is 73.3 Å². The number of hydrogen-bond acceptors (Lipinski definition) is 2. The summed E-state index contributed by atoms with van der Waals surface area (Å²) in [6.45, 7) is 1.70. The summed E-state index contributed by atoms with van der Waals surface area (Å²) in [6.07, 6.45) is 0. The Kier molecular flexibility index (Phi) is 1.57. The van der Waals surface area contributed by atoms with Gasteiger partial charge in [-0.15, -0.1) is 0 Å². The fourth-order valence-corrected chi connectivity index (χ4v) is 0.882. The van der Waals surface area contributed by atoms with Crippen LogP contribution in [0.2, 0.25) is 0 Å². The molecule has 1 heterocycles. The molecule has 0 radical (unpaired) electrons. The molecule has 0 aromatic rings. The molecule has 0 aromatic carbocycles. The van der Waals surface area contributed by atoms with Gasteiger partial charge >= 0.3 is 0 Å². The molecule has 1 saturated heterocycles. The average Bonchev–Trinajstić information content (AvgIpc) is 1.61. The molecular weight excluding hydrogens is 118 g/mol. The van der Waals surface area contributed by atoms with Crippen LogP contribution in [0.3, 0.4) is 0 Å². The monoisotopic (exact) mass is 129 g/mol. The summed E-state index contributed by atoms with van der Waals surface area (Å²) in [5.74, 6) is 0.452. The van der Waals surface area contributed by atoms with E-state index < -0.39 is 0 Å². The molecule has 0 saturated carbocycles. The van der Waals surface area contributed by atoms with Crippen molar-refractivity contribution >= 4 is 5.96 Å². The van der Waals surface area contributed by atoms with Gasteiger partial charge in [0.2, 0.25) is 0 Å². The first-order valence-electron chi connectivity index (χ1n) is 2.94. The molecule has 1 aliphatic heterocycles. The summed E-state index contributed by atoms with van der Waals surface area (Å²) in [6, 6.07) is 0. The predicted molar refractivity (Wildman–Crippen MR) is 34.1 cm³/mol. The zero-order chi connectivity index (χ0) is 6.85. The van der Waals surface area contributed by atoms with E-state index in [2.05, 4.69) is 0 Å². The van der Waals surface area contributed by atoms with Gasteiger partial charge < -0.3 is 15.7 Å². The van der Waals surface area contributed by atoms with Crippen molar-refractivity contribution in [1.29, 1.82) is 5.41 Å². The molecular formula is C5H11N3O. The SMILES string of the molecule is N=C(N)N1CC(CO)C1. The Balaban J connectivity index is 2.19. The zero-order valence-electron chi connectivity index (χ0n) is 5.17. The molecule has 0 spiro atoms. The molecule has 4 nitrogen and oxygen atoms in total. The van der Waals surface area contributed by atoms with E-state index in [1.54, 1.807) is 4.90 Å². The number of nitrogens with one attached hydrogen (secondary N) is 1. The van der Waals surface area contributed by atoms with E-state index in [9.17, 15) is 0 Å². The summed E-state index contributed by atoms with van der Waals surface area (Å²) in [7, 11) is 0. The smallest absolute Gasteiger partial charge is 0.188 e. The average molecular weight is 129 g/mol. The van der Waals surface area contributed by atoms with Crippen LogP contribution in [0, 0.1) is 11.3 Å². The van der Waals surface area contributed by atoms with E-state index in [1.807, 2.05) is 0 Å². The van der Waals surface area contributed by atoms with Gasteiger partial charge in [-0.25, -0.2) is 0 Å². The lowest BCUT2D eigenvalue weighted by Crippen LogP contribution is -2.53. The Morgan fingerprint density at radius 2 is 2.33 bits per heavy atom. The maximum Gasteiger partial charge on any atom is 0.188 e. The van der Waals surface area contributed by atoms with Crippen molar-refractivity contribution in [2.24, 2.45) is 11.7 Å². The first-order chi connectivity index (χ1) is 4.24. The largest absolute Gasteiger partial charge is 0.396 e. The minimum atomic E-state index is 0.111. The fourth-order valence-electron chi connectivity index (χ4n) is 0.882. The lowest BCUT2D eigenvalue weighted by Gasteiger charge is -2.38. The van der Waals surface area contributed by atoms with Gasteiger partial charge in [-0.1, -0.05) is 0 Å². The molecule has 0 amide bonds. The van der Waals surface area contributed by atoms with Crippen LogP contribution in [0.25, 0.3) is 0 Å². The second kappa shape index (κ2) is 2.23. The molecule has 0 aliphatic carbocycles. The van der Waals surface area contributed by atoms with E-state index in [-0.39, 0.29) is 12.6 Å². The number of hydrogen-bond donors (Lipinski definition) is 3. The van der Waals surface area contributed by atoms with Gasteiger partial charge in [0.1, 0.15) is 0 Å². The van der Waals surface area contributed by atoms with E-state index in [4.69, 9.17) is 16.2 Å². The summed E-state index contributed by atoms with van der Waals surface area (Å²) in [5.41, 5.74) is 5.14. The van der Waals surface area contributed by atoms with Gasteiger partial charge in [-0.2, -0.15) is 0 Å². The van der Waals surface area contributed by atoms with E-state index in [0.29, 0.717) is 5.92 Å².